The van der Waals surface area contributed by atoms with Gasteiger partial charge in [0.05, 0.1) is 17.7 Å². The summed E-state index contributed by atoms with van der Waals surface area (Å²) in [7, 11) is 0. The van der Waals surface area contributed by atoms with E-state index < -0.39 is 0 Å². The Labute approximate surface area is 315 Å². The Hall–Kier alpha value is -5.58. The zero-order valence-electron chi connectivity index (χ0n) is 31.0. The standard InChI is InChI=1S/C49H48N4/c1-49(2)47-31-36(14-13-35-15-22-41(23-16-35)52(39-9-5-3-6-10-39)42-24-17-37(33-50)18-25-42)21-29-45(47)46-30-28-44(32-48(46)49)53(40-11-7-4-8-12-40)43-26-19-38(34-51)20-27-43/h4-5,7,9-10,13-15,17-19,21-25,28-32,35,40,43H,3,6,8,11-12,16,20,26-27H2,1-2H3/b14-13+. The van der Waals surface area contributed by atoms with Gasteiger partial charge in [0.25, 0.3) is 0 Å². The van der Waals surface area contributed by atoms with E-state index in [0.717, 1.165) is 62.6 Å². The Kier molecular flexibility index (Phi) is 9.64. The predicted octanol–water partition coefficient (Wildman–Crippen LogP) is 12.0. The lowest BCUT2D eigenvalue weighted by Crippen LogP contribution is -2.44. The maximum atomic E-state index is 9.51. The maximum Gasteiger partial charge on any atom is 0.0991 e. The van der Waals surface area contributed by atoms with Crippen LogP contribution in [-0.4, -0.2) is 12.1 Å². The fourth-order valence-electron chi connectivity index (χ4n) is 9.00. The number of hydrogen-bond acceptors (Lipinski definition) is 4. The Morgan fingerprint density at radius 1 is 0.698 bits per heavy atom. The third-order valence-electron chi connectivity index (χ3n) is 11.9. The number of fused-ring (bicyclic) bond motifs is 3. The molecule has 53 heavy (non-hydrogen) atoms. The van der Waals surface area contributed by atoms with Gasteiger partial charge in [0.15, 0.2) is 0 Å². The van der Waals surface area contributed by atoms with Gasteiger partial charge in [-0.2, -0.15) is 10.5 Å². The van der Waals surface area contributed by atoms with Gasteiger partial charge < -0.3 is 9.80 Å². The minimum Gasteiger partial charge on any atom is -0.365 e. The molecule has 0 saturated heterocycles. The molecule has 3 aromatic carbocycles. The molecule has 0 heterocycles. The predicted molar refractivity (Wildman–Crippen MR) is 219 cm³/mol. The van der Waals surface area contributed by atoms with Crippen molar-refractivity contribution in [3.8, 4) is 23.3 Å². The third-order valence-corrected chi connectivity index (χ3v) is 11.9. The summed E-state index contributed by atoms with van der Waals surface area (Å²) in [5, 5.41) is 18.8. The molecule has 264 valence electrons. The Morgan fingerprint density at radius 2 is 1.47 bits per heavy atom. The summed E-state index contributed by atoms with van der Waals surface area (Å²) in [6.07, 6.45) is 34.5. The summed E-state index contributed by atoms with van der Waals surface area (Å²) in [6.45, 7) is 4.77. The zero-order chi connectivity index (χ0) is 36.4. The van der Waals surface area contributed by atoms with E-state index in [1.807, 2.05) is 24.3 Å². The highest BCUT2D eigenvalue weighted by molar-refractivity contribution is 5.83. The molecule has 0 radical (unpaired) electrons. The van der Waals surface area contributed by atoms with E-state index in [2.05, 4.69) is 139 Å². The average Bonchev–Trinajstić information content (AvgIpc) is 3.44. The van der Waals surface area contributed by atoms with Crippen LogP contribution in [0.5, 0.6) is 0 Å². The van der Waals surface area contributed by atoms with Crippen molar-refractivity contribution < 1.29 is 0 Å². The molecular formula is C49H48N4. The van der Waals surface area contributed by atoms with Crippen LogP contribution in [-0.2, 0) is 5.41 Å². The van der Waals surface area contributed by atoms with E-state index in [9.17, 15) is 10.5 Å². The Balaban J connectivity index is 1.01. The Bertz CT molecular complexity index is 2190. The van der Waals surface area contributed by atoms with Crippen molar-refractivity contribution in [3.05, 3.63) is 161 Å². The first-order valence-corrected chi connectivity index (χ1v) is 19.5. The van der Waals surface area contributed by atoms with Crippen LogP contribution < -0.4 is 9.80 Å². The number of allylic oxidation sites excluding steroid dienone is 9. The largest absolute Gasteiger partial charge is 0.365 e. The number of hydrogen-bond donors (Lipinski definition) is 0. The summed E-state index contributed by atoms with van der Waals surface area (Å²) >= 11 is 0. The molecule has 0 amide bonds. The molecule has 3 atom stereocenters. The van der Waals surface area contributed by atoms with Gasteiger partial charge in [-0.25, -0.2) is 0 Å². The lowest BCUT2D eigenvalue weighted by Gasteiger charge is -2.42. The first-order chi connectivity index (χ1) is 25.9. The molecule has 5 aliphatic carbocycles. The summed E-state index contributed by atoms with van der Waals surface area (Å²) < 4.78 is 0. The normalized spacial score (nSPS) is 22.6. The lowest BCUT2D eigenvalue weighted by atomic mass is 9.81. The zero-order valence-corrected chi connectivity index (χ0v) is 31.0. The quantitative estimate of drug-likeness (QED) is 0.221. The third kappa shape index (κ3) is 6.88. The molecule has 3 aromatic rings. The summed E-state index contributed by atoms with van der Waals surface area (Å²) in [6, 6.07) is 27.7. The van der Waals surface area contributed by atoms with Crippen LogP contribution in [0, 0.1) is 28.6 Å². The van der Waals surface area contributed by atoms with Crippen LogP contribution in [0.4, 0.5) is 11.4 Å². The van der Waals surface area contributed by atoms with Crippen molar-refractivity contribution in [2.24, 2.45) is 5.92 Å². The van der Waals surface area contributed by atoms with Crippen molar-refractivity contribution >= 4 is 17.5 Å². The van der Waals surface area contributed by atoms with Crippen molar-refractivity contribution in [1.82, 2.24) is 0 Å². The second kappa shape index (κ2) is 14.8. The SMILES string of the molecule is CC1(C)c2cc(/C=C/C3C=CC(N(C4=CCCC=C4)c4ccc(C#N)cc4)=CC3)ccc2-c2ccc(N(C3CC=CCC3)C3CC=C(C#N)CC3)cc21. The van der Waals surface area contributed by atoms with E-state index in [1.165, 1.54) is 51.3 Å². The van der Waals surface area contributed by atoms with E-state index >= 15 is 0 Å². The van der Waals surface area contributed by atoms with Gasteiger partial charge in [-0.3, -0.25) is 0 Å². The van der Waals surface area contributed by atoms with Gasteiger partial charge in [-0.05, 0) is 140 Å². The molecule has 0 bridgehead atoms. The highest BCUT2D eigenvalue weighted by Gasteiger charge is 2.37. The van der Waals surface area contributed by atoms with Crippen molar-refractivity contribution in [2.45, 2.75) is 89.1 Å². The van der Waals surface area contributed by atoms with E-state index in [4.69, 9.17) is 0 Å². The fourth-order valence-corrected chi connectivity index (χ4v) is 9.00. The summed E-state index contributed by atoms with van der Waals surface area (Å²) in [4.78, 5) is 5.02. The first-order valence-electron chi connectivity index (χ1n) is 19.5. The number of anilines is 2. The van der Waals surface area contributed by atoms with Crippen molar-refractivity contribution in [2.75, 3.05) is 9.80 Å². The van der Waals surface area contributed by atoms with Crippen LogP contribution in [0.3, 0.4) is 0 Å². The summed E-state index contributed by atoms with van der Waals surface area (Å²) in [5.41, 5.74) is 13.0. The second-order valence-electron chi connectivity index (χ2n) is 15.6. The monoisotopic (exact) mass is 692 g/mol. The molecule has 3 unspecified atom stereocenters. The molecule has 0 fully saturated rings. The molecule has 0 saturated carbocycles. The van der Waals surface area contributed by atoms with Crippen LogP contribution >= 0.6 is 0 Å². The molecule has 4 heteroatoms. The van der Waals surface area contributed by atoms with E-state index in [-0.39, 0.29) is 5.41 Å². The molecular weight excluding hydrogens is 645 g/mol. The smallest absolute Gasteiger partial charge is 0.0991 e. The topological polar surface area (TPSA) is 54.1 Å². The summed E-state index contributed by atoms with van der Waals surface area (Å²) in [5.74, 6) is 0.318. The number of nitriles is 2. The maximum absolute atomic E-state index is 9.51. The van der Waals surface area contributed by atoms with Crippen LogP contribution in [0.2, 0.25) is 0 Å². The molecule has 0 spiro atoms. The highest BCUT2D eigenvalue weighted by atomic mass is 15.2. The highest BCUT2D eigenvalue weighted by Crippen LogP contribution is 2.50. The van der Waals surface area contributed by atoms with E-state index in [0.29, 0.717) is 23.6 Å². The lowest BCUT2D eigenvalue weighted by molar-refractivity contribution is 0.447. The number of rotatable bonds is 8. The van der Waals surface area contributed by atoms with Gasteiger partial charge in [0.2, 0.25) is 0 Å². The number of benzene rings is 3. The van der Waals surface area contributed by atoms with Crippen LogP contribution in [0.25, 0.3) is 17.2 Å². The van der Waals surface area contributed by atoms with Gasteiger partial charge in [0, 0.05) is 45.8 Å². The van der Waals surface area contributed by atoms with Gasteiger partial charge in [-0.1, -0.05) is 92.8 Å². The molecule has 8 rings (SSSR count). The van der Waals surface area contributed by atoms with Crippen LogP contribution in [0.1, 0.15) is 93.9 Å². The second-order valence-corrected chi connectivity index (χ2v) is 15.6. The minimum atomic E-state index is -0.108. The molecule has 4 nitrogen and oxygen atoms in total. The Morgan fingerprint density at radius 3 is 2.15 bits per heavy atom. The van der Waals surface area contributed by atoms with Gasteiger partial charge in [0.1, 0.15) is 0 Å². The van der Waals surface area contributed by atoms with Crippen molar-refractivity contribution in [3.63, 3.8) is 0 Å². The average molecular weight is 693 g/mol. The molecule has 0 aliphatic heterocycles. The van der Waals surface area contributed by atoms with Gasteiger partial charge >= 0.3 is 0 Å². The van der Waals surface area contributed by atoms with Crippen LogP contribution in [0.15, 0.2) is 138 Å². The fraction of sp³-hybridized carbons (Fsp3) is 0.306. The minimum absolute atomic E-state index is 0.108. The first kappa shape index (κ1) is 34.5. The van der Waals surface area contributed by atoms with E-state index in [1.54, 1.807) is 0 Å². The number of nitrogens with zero attached hydrogens (tertiary/aromatic N) is 4. The van der Waals surface area contributed by atoms with Gasteiger partial charge in [-0.15, -0.1) is 0 Å². The van der Waals surface area contributed by atoms with Crippen molar-refractivity contribution in [1.29, 1.82) is 10.5 Å². The molecule has 0 N–H and O–H groups in total. The molecule has 5 aliphatic rings. The molecule has 0 aromatic heterocycles.